The predicted octanol–water partition coefficient (Wildman–Crippen LogP) is 1.72. The maximum Gasteiger partial charge on any atom is 0.0861 e. The first-order valence-corrected chi connectivity index (χ1v) is 5.17. The van der Waals surface area contributed by atoms with Crippen LogP contribution in [0.4, 0.5) is 0 Å². The molecule has 12 heavy (non-hydrogen) atoms. The second-order valence-electron chi connectivity index (χ2n) is 4.09. The molecule has 0 spiro atoms. The van der Waals surface area contributed by atoms with Crippen molar-refractivity contribution >= 4 is 0 Å². The van der Waals surface area contributed by atoms with Gasteiger partial charge in [0.05, 0.1) is 12.2 Å². The maximum atomic E-state index is 9.76. The van der Waals surface area contributed by atoms with Crippen molar-refractivity contribution in [3.63, 3.8) is 0 Å². The lowest BCUT2D eigenvalue weighted by molar-refractivity contribution is -0.0920. The Bertz CT molecular complexity index is 147. The highest BCUT2D eigenvalue weighted by Gasteiger charge is 2.33. The molecule has 1 heterocycles. The van der Waals surface area contributed by atoms with Gasteiger partial charge in [0.1, 0.15) is 0 Å². The van der Waals surface area contributed by atoms with Crippen LogP contribution in [0.25, 0.3) is 0 Å². The van der Waals surface area contributed by atoms with E-state index in [0.29, 0.717) is 5.92 Å². The second kappa shape index (κ2) is 3.75. The van der Waals surface area contributed by atoms with E-state index in [0.717, 1.165) is 13.0 Å². The molecule has 2 rings (SSSR count). The summed E-state index contributed by atoms with van der Waals surface area (Å²) in [6, 6.07) is 0. The van der Waals surface area contributed by atoms with E-state index < -0.39 is 0 Å². The molecule has 2 heteroatoms. The van der Waals surface area contributed by atoms with Crippen LogP contribution in [0.2, 0.25) is 0 Å². The molecule has 1 aliphatic heterocycles. The summed E-state index contributed by atoms with van der Waals surface area (Å²) in [7, 11) is 0. The molecule has 2 aliphatic rings. The molecular formula is C10H18O2. The zero-order valence-electron chi connectivity index (χ0n) is 7.54. The lowest BCUT2D eigenvalue weighted by Gasteiger charge is -2.32. The summed E-state index contributed by atoms with van der Waals surface area (Å²) in [6.07, 6.45) is 7.11. The summed E-state index contributed by atoms with van der Waals surface area (Å²) in [6.45, 7) is 0.859. The van der Waals surface area contributed by atoms with Crippen LogP contribution in [0.1, 0.15) is 38.5 Å². The van der Waals surface area contributed by atoms with Gasteiger partial charge in [0.2, 0.25) is 0 Å². The number of fused-ring (bicyclic) bond motifs is 1. The molecule has 2 fully saturated rings. The molecular weight excluding hydrogens is 152 g/mol. The van der Waals surface area contributed by atoms with Gasteiger partial charge in [-0.2, -0.15) is 0 Å². The number of ether oxygens (including phenoxy) is 1. The Morgan fingerprint density at radius 2 is 1.75 bits per heavy atom. The molecule has 1 aliphatic carbocycles. The molecule has 0 bridgehead atoms. The summed E-state index contributed by atoms with van der Waals surface area (Å²) >= 11 is 0. The van der Waals surface area contributed by atoms with Gasteiger partial charge in [-0.1, -0.05) is 12.8 Å². The van der Waals surface area contributed by atoms with Crippen molar-refractivity contribution < 1.29 is 9.84 Å². The number of hydrogen-bond donors (Lipinski definition) is 1. The Kier molecular flexibility index (Phi) is 2.66. The van der Waals surface area contributed by atoms with Crippen LogP contribution in [0, 0.1) is 5.92 Å². The minimum atomic E-state index is -0.183. The second-order valence-corrected chi connectivity index (χ2v) is 4.09. The van der Waals surface area contributed by atoms with Gasteiger partial charge in [-0.05, 0) is 31.6 Å². The molecule has 0 amide bonds. The lowest BCUT2D eigenvalue weighted by atomic mass is 9.89. The van der Waals surface area contributed by atoms with Gasteiger partial charge in [-0.3, -0.25) is 0 Å². The molecule has 1 saturated carbocycles. The fourth-order valence-electron chi connectivity index (χ4n) is 2.52. The summed E-state index contributed by atoms with van der Waals surface area (Å²) in [5, 5.41) is 9.76. The zero-order valence-corrected chi connectivity index (χ0v) is 7.54. The molecule has 0 aromatic heterocycles. The van der Waals surface area contributed by atoms with E-state index in [4.69, 9.17) is 4.74 Å². The van der Waals surface area contributed by atoms with E-state index in [-0.39, 0.29) is 12.2 Å². The predicted molar refractivity (Wildman–Crippen MR) is 46.9 cm³/mol. The monoisotopic (exact) mass is 170 g/mol. The highest BCUT2D eigenvalue weighted by Crippen LogP contribution is 2.32. The van der Waals surface area contributed by atoms with Gasteiger partial charge in [0.15, 0.2) is 0 Å². The van der Waals surface area contributed by atoms with Crippen molar-refractivity contribution in [3.8, 4) is 0 Å². The normalized spacial score (nSPS) is 43.2. The van der Waals surface area contributed by atoms with Crippen LogP contribution >= 0.6 is 0 Å². The average Bonchev–Trinajstić information content (AvgIpc) is 2.29. The van der Waals surface area contributed by atoms with E-state index in [9.17, 15) is 5.11 Å². The molecule has 1 saturated heterocycles. The highest BCUT2D eigenvalue weighted by atomic mass is 16.5. The molecule has 70 valence electrons. The van der Waals surface area contributed by atoms with Crippen LogP contribution in [0.15, 0.2) is 0 Å². The molecule has 0 radical (unpaired) electrons. The van der Waals surface area contributed by atoms with Crippen LogP contribution in [0.3, 0.4) is 0 Å². The minimum absolute atomic E-state index is 0.168. The van der Waals surface area contributed by atoms with E-state index in [1.54, 1.807) is 0 Å². The first-order valence-electron chi connectivity index (χ1n) is 5.17. The Labute approximate surface area is 73.9 Å². The van der Waals surface area contributed by atoms with Gasteiger partial charge in [0.25, 0.3) is 0 Å². The van der Waals surface area contributed by atoms with Crippen LogP contribution < -0.4 is 0 Å². The minimum Gasteiger partial charge on any atom is -0.390 e. The number of aliphatic hydroxyl groups excluding tert-OH is 1. The van der Waals surface area contributed by atoms with Crippen LogP contribution in [-0.4, -0.2) is 23.9 Å². The topological polar surface area (TPSA) is 29.5 Å². The van der Waals surface area contributed by atoms with E-state index >= 15 is 0 Å². The molecule has 3 unspecified atom stereocenters. The quantitative estimate of drug-likeness (QED) is 0.599. The molecule has 0 aromatic carbocycles. The Morgan fingerprint density at radius 3 is 2.67 bits per heavy atom. The zero-order chi connectivity index (χ0) is 8.39. The van der Waals surface area contributed by atoms with Crippen molar-refractivity contribution in [1.82, 2.24) is 0 Å². The maximum absolute atomic E-state index is 9.76. The van der Waals surface area contributed by atoms with Gasteiger partial charge in [0, 0.05) is 6.61 Å². The van der Waals surface area contributed by atoms with E-state index in [1.165, 1.54) is 32.1 Å². The number of aliphatic hydroxyl groups is 1. The van der Waals surface area contributed by atoms with Gasteiger partial charge >= 0.3 is 0 Å². The third kappa shape index (κ3) is 1.64. The summed E-state index contributed by atoms with van der Waals surface area (Å²) < 4.78 is 5.62. The van der Waals surface area contributed by atoms with E-state index in [2.05, 4.69) is 0 Å². The fraction of sp³-hybridized carbons (Fsp3) is 1.00. The first kappa shape index (κ1) is 8.52. The van der Waals surface area contributed by atoms with Crippen LogP contribution in [-0.2, 0) is 4.74 Å². The van der Waals surface area contributed by atoms with Crippen molar-refractivity contribution in [2.75, 3.05) is 6.61 Å². The molecule has 3 atom stereocenters. The summed E-state index contributed by atoms with van der Waals surface area (Å²) in [5.41, 5.74) is 0. The average molecular weight is 170 g/mol. The molecule has 1 N–H and O–H groups in total. The molecule has 2 nitrogen and oxygen atoms in total. The van der Waals surface area contributed by atoms with Crippen LogP contribution in [0.5, 0.6) is 0 Å². The van der Waals surface area contributed by atoms with Crippen molar-refractivity contribution in [3.05, 3.63) is 0 Å². The fourth-order valence-corrected chi connectivity index (χ4v) is 2.52. The Morgan fingerprint density at radius 1 is 1.00 bits per heavy atom. The van der Waals surface area contributed by atoms with Gasteiger partial charge in [-0.15, -0.1) is 0 Å². The van der Waals surface area contributed by atoms with Gasteiger partial charge < -0.3 is 9.84 Å². The Balaban J connectivity index is 2.01. The summed E-state index contributed by atoms with van der Waals surface area (Å²) in [5.74, 6) is 0.649. The standard InChI is InChI=1S/C10H18O2/c11-9-6-2-1-4-8-5-3-7-12-10(8)9/h8-11H,1-7H2. The third-order valence-corrected chi connectivity index (χ3v) is 3.20. The van der Waals surface area contributed by atoms with Crippen molar-refractivity contribution in [2.24, 2.45) is 5.92 Å². The molecule has 0 aromatic rings. The lowest BCUT2D eigenvalue weighted by Crippen LogP contribution is -2.38. The number of rotatable bonds is 0. The largest absolute Gasteiger partial charge is 0.390 e. The Hall–Kier alpha value is -0.0800. The highest BCUT2D eigenvalue weighted by molar-refractivity contribution is 4.83. The summed E-state index contributed by atoms with van der Waals surface area (Å²) in [4.78, 5) is 0. The SMILES string of the molecule is OC1CCCCC2CCCOC12. The van der Waals surface area contributed by atoms with E-state index in [1.807, 2.05) is 0 Å². The smallest absolute Gasteiger partial charge is 0.0861 e. The third-order valence-electron chi connectivity index (χ3n) is 3.20. The van der Waals surface area contributed by atoms with Crippen molar-refractivity contribution in [2.45, 2.75) is 50.7 Å². The number of hydrogen-bond acceptors (Lipinski definition) is 2. The van der Waals surface area contributed by atoms with Crippen molar-refractivity contribution in [1.29, 1.82) is 0 Å². The van der Waals surface area contributed by atoms with Gasteiger partial charge in [-0.25, -0.2) is 0 Å². The first-order chi connectivity index (χ1) is 5.88.